The van der Waals surface area contributed by atoms with Gasteiger partial charge in [0.15, 0.2) is 0 Å². The maximum atomic E-state index is 8.52. The molecule has 0 radical (unpaired) electrons. The molecule has 3 N–H and O–H groups in total. The second kappa shape index (κ2) is 4.81. The van der Waals surface area contributed by atoms with E-state index in [1.807, 2.05) is 42.5 Å². The first-order valence-electron chi connectivity index (χ1n) is 5.36. The highest BCUT2D eigenvalue weighted by atomic mass is 16.2. The second-order valence-corrected chi connectivity index (χ2v) is 3.76. The number of nitrogens with two attached hydrogens (primary N) is 1. The van der Waals surface area contributed by atoms with Crippen molar-refractivity contribution in [3.63, 3.8) is 0 Å². The molecule has 2 aliphatic rings. The first kappa shape index (κ1) is 10.7. The summed E-state index contributed by atoms with van der Waals surface area (Å²) in [5.74, 6) is 0. The fourth-order valence-electron chi connectivity index (χ4n) is 1.55. The summed E-state index contributed by atoms with van der Waals surface area (Å²) < 4.78 is 0. The molecule has 0 fully saturated rings. The zero-order chi connectivity index (χ0) is 11.4. The van der Waals surface area contributed by atoms with Crippen LogP contribution >= 0.6 is 0 Å². The molecule has 0 aliphatic heterocycles. The molecule has 82 valence electrons. The van der Waals surface area contributed by atoms with Gasteiger partial charge in [0.1, 0.15) is 0 Å². The Hall–Kier alpha value is -1.80. The SMILES string of the molecule is Nc1ccc2cc1-2.OCCc1ccccc1. The second-order valence-electron chi connectivity index (χ2n) is 3.76. The van der Waals surface area contributed by atoms with Crippen molar-refractivity contribution in [3.05, 3.63) is 54.1 Å². The number of aliphatic hydroxyl groups is 1. The van der Waals surface area contributed by atoms with E-state index in [4.69, 9.17) is 10.8 Å². The zero-order valence-electron chi connectivity index (χ0n) is 9.06. The van der Waals surface area contributed by atoms with Gasteiger partial charge in [0.2, 0.25) is 0 Å². The van der Waals surface area contributed by atoms with Crippen molar-refractivity contribution < 1.29 is 5.11 Å². The van der Waals surface area contributed by atoms with Crippen LogP contribution in [-0.2, 0) is 6.42 Å². The van der Waals surface area contributed by atoms with Gasteiger partial charge in [-0.3, -0.25) is 0 Å². The van der Waals surface area contributed by atoms with E-state index in [-0.39, 0.29) is 6.61 Å². The lowest BCUT2D eigenvalue weighted by molar-refractivity contribution is 0.299. The van der Waals surface area contributed by atoms with Crippen LogP contribution < -0.4 is 5.73 Å². The van der Waals surface area contributed by atoms with Crippen molar-refractivity contribution in [1.82, 2.24) is 0 Å². The first-order chi connectivity index (χ1) is 7.81. The summed E-state index contributed by atoms with van der Waals surface area (Å²) in [6.45, 7) is 0.240. The molecule has 0 unspecified atom stereocenters. The summed E-state index contributed by atoms with van der Waals surface area (Å²) >= 11 is 0. The number of aliphatic hydroxyl groups excluding tert-OH is 1. The lowest BCUT2D eigenvalue weighted by atomic mass is 10.2. The molecule has 0 bridgehead atoms. The molecule has 2 heteroatoms. The van der Waals surface area contributed by atoms with Crippen LogP contribution in [0.5, 0.6) is 0 Å². The Balaban J connectivity index is 0.000000123. The van der Waals surface area contributed by atoms with Crippen LogP contribution in [0.1, 0.15) is 5.56 Å². The number of hydrogen-bond acceptors (Lipinski definition) is 2. The van der Waals surface area contributed by atoms with E-state index in [1.54, 1.807) is 0 Å². The normalized spacial score (nSPS) is 10.3. The topological polar surface area (TPSA) is 46.2 Å². The van der Waals surface area contributed by atoms with E-state index in [0.717, 1.165) is 12.1 Å². The molecule has 0 atom stereocenters. The summed E-state index contributed by atoms with van der Waals surface area (Å²) in [6, 6.07) is 16.0. The third-order valence-electron chi connectivity index (χ3n) is 2.52. The van der Waals surface area contributed by atoms with Crippen molar-refractivity contribution in [3.8, 4) is 11.1 Å². The maximum Gasteiger partial charge on any atom is 0.0471 e. The van der Waals surface area contributed by atoms with Crippen LogP contribution in [0.25, 0.3) is 11.1 Å². The highest BCUT2D eigenvalue weighted by Gasteiger charge is 2.13. The summed E-state index contributed by atoms with van der Waals surface area (Å²) in [5, 5.41) is 8.52. The van der Waals surface area contributed by atoms with Crippen LogP contribution in [0.4, 0.5) is 5.69 Å². The average molecular weight is 213 g/mol. The van der Waals surface area contributed by atoms with Crippen LogP contribution in [0.3, 0.4) is 0 Å². The van der Waals surface area contributed by atoms with E-state index in [2.05, 4.69) is 6.07 Å². The average Bonchev–Trinajstić information content (AvgIpc) is 3.01. The highest BCUT2D eigenvalue weighted by Crippen LogP contribution is 2.39. The quantitative estimate of drug-likeness (QED) is 0.642. The Labute approximate surface area is 95.4 Å². The van der Waals surface area contributed by atoms with E-state index in [9.17, 15) is 0 Å². The van der Waals surface area contributed by atoms with Gasteiger partial charge < -0.3 is 10.8 Å². The van der Waals surface area contributed by atoms with Gasteiger partial charge >= 0.3 is 0 Å². The van der Waals surface area contributed by atoms with Crippen molar-refractivity contribution in [1.29, 1.82) is 0 Å². The summed E-state index contributed by atoms with van der Waals surface area (Å²) in [5.41, 5.74) is 10.1. The molecule has 0 amide bonds. The number of fused-ring (bicyclic) bond motifs is 1. The molecular formula is C14H15NO. The van der Waals surface area contributed by atoms with Gasteiger partial charge in [-0.1, -0.05) is 36.4 Å². The molecule has 0 aromatic heterocycles. The van der Waals surface area contributed by atoms with Crippen LogP contribution in [0, 0.1) is 0 Å². The Bertz CT molecular complexity index is 465. The number of nitrogen functional groups attached to an aromatic ring is 1. The van der Waals surface area contributed by atoms with Gasteiger partial charge in [-0.25, -0.2) is 0 Å². The molecular weight excluding hydrogens is 198 g/mol. The Morgan fingerprint density at radius 1 is 1.00 bits per heavy atom. The minimum Gasteiger partial charge on any atom is -0.398 e. The van der Waals surface area contributed by atoms with Crippen molar-refractivity contribution in [2.24, 2.45) is 0 Å². The van der Waals surface area contributed by atoms with E-state index >= 15 is 0 Å². The summed E-state index contributed by atoms with van der Waals surface area (Å²) in [4.78, 5) is 0. The predicted octanol–water partition coefficient (Wildman–Crippen LogP) is 2.47. The van der Waals surface area contributed by atoms with E-state index < -0.39 is 0 Å². The number of rotatable bonds is 2. The molecule has 0 heterocycles. The van der Waals surface area contributed by atoms with Gasteiger partial charge in [-0.05, 0) is 29.7 Å². The molecule has 1 aromatic rings. The van der Waals surface area contributed by atoms with Crippen LogP contribution in [0.2, 0.25) is 0 Å². The monoisotopic (exact) mass is 213 g/mol. The smallest absolute Gasteiger partial charge is 0.0471 e. The Morgan fingerprint density at radius 3 is 2.12 bits per heavy atom. The van der Waals surface area contributed by atoms with Crippen molar-refractivity contribution >= 4 is 5.69 Å². The zero-order valence-corrected chi connectivity index (χ0v) is 9.06. The molecule has 0 spiro atoms. The highest BCUT2D eigenvalue weighted by molar-refractivity contribution is 5.91. The minimum atomic E-state index is 0.240. The number of anilines is 1. The largest absolute Gasteiger partial charge is 0.398 e. The fraction of sp³-hybridized carbons (Fsp3) is 0.143. The van der Waals surface area contributed by atoms with Crippen LogP contribution in [0.15, 0.2) is 48.5 Å². The van der Waals surface area contributed by atoms with Gasteiger partial charge in [0.05, 0.1) is 0 Å². The summed E-state index contributed by atoms with van der Waals surface area (Å²) in [7, 11) is 0. The van der Waals surface area contributed by atoms with Gasteiger partial charge in [0.25, 0.3) is 0 Å². The third-order valence-corrected chi connectivity index (χ3v) is 2.52. The summed E-state index contributed by atoms with van der Waals surface area (Å²) in [6.07, 6.45) is 0.765. The number of benzene rings is 2. The number of hydrogen-bond donors (Lipinski definition) is 2. The van der Waals surface area contributed by atoms with Crippen molar-refractivity contribution in [2.45, 2.75) is 6.42 Å². The third kappa shape index (κ3) is 2.61. The molecule has 0 saturated heterocycles. The fourth-order valence-corrected chi connectivity index (χ4v) is 1.55. The van der Waals surface area contributed by atoms with Gasteiger partial charge in [-0.15, -0.1) is 0 Å². The Morgan fingerprint density at radius 2 is 1.75 bits per heavy atom. The molecule has 1 aromatic carbocycles. The molecule has 2 aliphatic carbocycles. The minimum absolute atomic E-state index is 0.240. The predicted molar refractivity (Wildman–Crippen MR) is 67.1 cm³/mol. The lowest BCUT2D eigenvalue weighted by Crippen LogP contribution is -1.88. The van der Waals surface area contributed by atoms with E-state index in [1.165, 1.54) is 16.7 Å². The molecule has 2 nitrogen and oxygen atoms in total. The molecule has 3 rings (SSSR count). The maximum absolute atomic E-state index is 8.52. The van der Waals surface area contributed by atoms with Gasteiger partial charge in [0, 0.05) is 17.9 Å². The van der Waals surface area contributed by atoms with Crippen molar-refractivity contribution in [2.75, 3.05) is 12.3 Å². The molecule has 0 saturated carbocycles. The van der Waals surface area contributed by atoms with Gasteiger partial charge in [-0.2, -0.15) is 0 Å². The van der Waals surface area contributed by atoms with E-state index in [0.29, 0.717) is 0 Å². The standard InChI is InChI=1S/C8H10O.C6H5N/c9-7-6-8-4-2-1-3-5-8;7-6-2-1-4-3-5(4)6/h1-5,9H,6-7H2;1-3H,7H2. The first-order valence-corrected chi connectivity index (χ1v) is 5.36. The Kier molecular flexibility index (Phi) is 3.22. The molecule has 16 heavy (non-hydrogen) atoms. The lowest BCUT2D eigenvalue weighted by Gasteiger charge is -1.93. The van der Waals surface area contributed by atoms with Crippen LogP contribution in [-0.4, -0.2) is 11.7 Å².